The molecule has 0 bridgehead atoms. The standard InChI is InChI=1S/C19H17NO3/c1-13(11-14-7-3-2-4-8-14)17(21)12-19(23)15-9-5-6-10-16(15)20-18(19)22/h2-11,23H,12H2,1H3,(H,20,22)/b13-11+. The Bertz CT molecular complexity index is 795. The van der Waals surface area contributed by atoms with Gasteiger partial charge in [-0.25, -0.2) is 0 Å². The highest BCUT2D eigenvalue weighted by molar-refractivity contribution is 6.09. The van der Waals surface area contributed by atoms with Gasteiger partial charge in [-0.15, -0.1) is 0 Å². The lowest BCUT2D eigenvalue weighted by molar-refractivity contribution is -0.138. The molecular weight excluding hydrogens is 290 g/mol. The zero-order valence-corrected chi connectivity index (χ0v) is 12.7. The maximum absolute atomic E-state index is 12.5. The summed E-state index contributed by atoms with van der Waals surface area (Å²) in [6.07, 6.45) is 1.48. The van der Waals surface area contributed by atoms with Gasteiger partial charge < -0.3 is 10.4 Å². The van der Waals surface area contributed by atoms with Gasteiger partial charge in [-0.3, -0.25) is 9.59 Å². The molecule has 0 aliphatic carbocycles. The van der Waals surface area contributed by atoms with Crippen LogP contribution in [-0.2, 0) is 15.2 Å². The van der Waals surface area contributed by atoms with Gasteiger partial charge in [0, 0.05) is 11.3 Å². The predicted octanol–water partition coefficient (Wildman–Crippen LogP) is 2.89. The van der Waals surface area contributed by atoms with Crippen LogP contribution in [0.3, 0.4) is 0 Å². The lowest BCUT2D eigenvalue weighted by atomic mass is 9.88. The average molecular weight is 307 g/mol. The fourth-order valence-corrected chi connectivity index (χ4v) is 2.73. The minimum Gasteiger partial charge on any atom is -0.375 e. The number of benzene rings is 2. The number of nitrogens with one attached hydrogen (secondary N) is 1. The second-order valence-electron chi connectivity index (χ2n) is 5.70. The number of allylic oxidation sites excluding steroid dienone is 1. The van der Waals surface area contributed by atoms with Crippen molar-refractivity contribution in [3.8, 4) is 0 Å². The Morgan fingerprint density at radius 2 is 1.78 bits per heavy atom. The van der Waals surface area contributed by atoms with Gasteiger partial charge in [0.2, 0.25) is 0 Å². The monoisotopic (exact) mass is 307 g/mol. The molecule has 1 aliphatic rings. The summed E-state index contributed by atoms with van der Waals surface area (Å²) in [6, 6.07) is 16.3. The molecule has 1 amide bonds. The number of hydrogen-bond donors (Lipinski definition) is 2. The van der Waals surface area contributed by atoms with E-state index in [0.717, 1.165) is 5.56 Å². The van der Waals surface area contributed by atoms with Crippen LogP contribution in [0.4, 0.5) is 5.69 Å². The van der Waals surface area contributed by atoms with E-state index >= 15 is 0 Å². The van der Waals surface area contributed by atoms with Crippen molar-refractivity contribution < 1.29 is 14.7 Å². The van der Waals surface area contributed by atoms with Crippen molar-refractivity contribution in [3.63, 3.8) is 0 Å². The van der Waals surface area contributed by atoms with Gasteiger partial charge in [0.15, 0.2) is 11.4 Å². The zero-order valence-electron chi connectivity index (χ0n) is 12.7. The van der Waals surface area contributed by atoms with E-state index in [1.54, 1.807) is 37.3 Å². The molecule has 0 aromatic heterocycles. The molecule has 0 spiro atoms. The van der Waals surface area contributed by atoms with Crippen LogP contribution in [-0.4, -0.2) is 16.8 Å². The second-order valence-corrected chi connectivity index (χ2v) is 5.70. The van der Waals surface area contributed by atoms with Crippen molar-refractivity contribution in [3.05, 3.63) is 71.3 Å². The Kier molecular flexibility index (Phi) is 3.84. The molecule has 0 fully saturated rings. The molecule has 1 atom stereocenters. The van der Waals surface area contributed by atoms with Gasteiger partial charge in [-0.1, -0.05) is 48.5 Å². The quantitative estimate of drug-likeness (QED) is 0.854. The molecular formula is C19H17NO3. The Hall–Kier alpha value is -2.72. The van der Waals surface area contributed by atoms with Gasteiger partial charge in [0.1, 0.15) is 0 Å². The Morgan fingerprint density at radius 1 is 1.13 bits per heavy atom. The third kappa shape index (κ3) is 2.81. The molecule has 3 rings (SSSR count). The van der Waals surface area contributed by atoms with Crippen LogP contribution < -0.4 is 5.32 Å². The summed E-state index contributed by atoms with van der Waals surface area (Å²) in [5.41, 5.74) is 0.603. The molecule has 2 aromatic rings. The van der Waals surface area contributed by atoms with Crippen molar-refractivity contribution in [1.82, 2.24) is 0 Å². The van der Waals surface area contributed by atoms with E-state index in [-0.39, 0.29) is 12.2 Å². The van der Waals surface area contributed by atoms with Crippen LogP contribution >= 0.6 is 0 Å². The van der Waals surface area contributed by atoms with E-state index < -0.39 is 11.5 Å². The fourth-order valence-electron chi connectivity index (χ4n) is 2.73. The Balaban J connectivity index is 1.85. The van der Waals surface area contributed by atoms with Crippen LogP contribution in [0.1, 0.15) is 24.5 Å². The number of ketones is 1. The topological polar surface area (TPSA) is 66.4 Å². The van der Waals surface area contributed by atoms with Gasteiger partial charge in [-0.05, 0) is 30.2 Å². The molecule has 2 aromatic carbocycles. The number of carbonyl (C=O) groups excluding carboxylic acids is 2. The highest BCUT2D eigenvalue weighted by Gasteiger charge is 2.46. The van der Waals surface area contributed by atoms with Gasteiger partial charge >= 0.3 is 0 Å². The maximum atomic E-state index is 12.5. The fraction of sp³-hybridized carbons (Fsp3) is 0.158. The normalized spacial score (nSPS) is 20.1. The summed E-state index contributed by atoms with van der Waals surface area (Å²) in [4.78, 5) is 24.6. The van der Waals surface area contributed by atoms with Gasteiger partial charge in [0.05, 0.1) is 6.42 Å². The number of carbonyl (C=O) groups is 2. The number of aliphatic hydroxyl groups is 1. The van der Waals surface area contributed by atoms with Crippen molar-refractivity contribution in [1.29, 1.82) is 0 Å². The van der Waals surface area contributed by atoms with E-state index in [0.29, 0.717) is 16.8 Å². The van der Waals surface area contributed by atoms with Crippen LogP contribution in [0, 0.1) is 0 Å². The van der Waals surface area contributed by atoms with Crippen LogP contribution in [0.5, 0.6) is 0 Å². The van der Waals surface area contributed by atoms with E-state index in [2.05, 4.69) is 5.32 Å². The van der Waals surface area contributed by atoms with Crippen LogP contribution in [0.2, 0.25) is 0 Å². The second kappa shape index (κ2) is 5.82. The van der Waals surface area contributed by atoms with Crippen molar-refractivity contribution in [2.75, 3.05) is 5.32 Å². The first-order chi connectivity index (χ1) is 11.0. The lowest BCUT2D eigenvalue weighted by Crippen LogP contribution is -2.36. The molecule has 116 valence electrons. The summed E-state index contributed by atoms with van der Waals surface area (Å²) in [7, 11) is 0. The van der Waals surface area contributed by atoms with Gasteiger partial charge in [0.25, 0.3) is 5.91 Å². The molecule has 1 heterocycles. The first-order valence-corrected chi connectivity index (χ1v) is 7.40. The predicted molar refractivity (Wildman–Crippen MR) is 88.7 cm³/mol. The van der Waals surface area contributed by atoms with E-state index in [1.165, 1.54) is 0 Å². The highest BCUT2D eigenvalue weighted by Crippen LogP contribution is 2.38. The number of hydrogen-bond acceptors (Lipinski definition) is 3. The van der Waals surface area contributed by atoms with E-state index in [4.69, 9.17) is 0 Å². The third-order valence-electron chi connectivity index (χ3n) is 4.04. The Morgan fingerprint density at radius 3 is 2.52 bits per heavy atom. The summed E-state index contributed by atoms with van der Waals surface area (Å²) >= 11 is 0. The molecule has 0 saturated carbocycles. The van der Waals surface area contributed by atoms with Gasteiger partial charge in [-0.2, -0.15) is 0 Å². The minimum absolute atomic E-state index is 0.261. The molecule has 0 saturated heterocycles. The van der Waals surface area contributed by atoms with Crippen LogP contribution in [0.25, 0.3) is 6.08 Å². The molecule has 1 aliphatic heterocycles. The number of Topliss-reactive ketones (excluding diaryl/α,β-unsaturated/α-hetero) is 1. The average Bonchev–Trinajstić information content (AvgIpc) is 2.79. The van der Waals surface area contributed by atoms with Crippen LogP contribution in [0.15, 0.2) is 60.2 Å². The first kappa shape index (κ1) is 15.2. The molecule has 4 heteroatoms. The summed E-state index contributed by atoms with van der Waals surface area (Å²) in [6.45, 7) is 1.69. The number of rotatable bonds is 4. The Labute approximate surface area is 134 Å². The molecule has 2 N–H and O–H groups in total. The number of fused-ring (bicyclic) bond motifs is 1. The summed E-state index contributed by atoms with van der Waals surface area (Å²) < 4.78 is 0. The van der Waals surface area contributed by atoms with Crippen molar-refractivity contribution >= 4 is 23.5 Å². The van der Waals surface area contributed by atoms with E-state index in [9.17, 15) is 14.7 Å². The zero-order chi connectivity index (χ0) is 16.4. The maximum Gasteiger partial charge on any atom is 0.261 e. The number of amides is 1. The first-order valence-electron chi connectivity index (χ1n) is 7.40. The SMILES string of the molecule is C/C(=C\c1ccccc1)C(=O)CC1(O)C(=O)Nc2ccccc21. The summed E-state index contributed by atoms with van der Waals surface area (Å²) in [5.74, 6) is -0.817. The van der Waals surface area contributed by atoms with Crippen molar-refractivity contribution in [2.24, 2.45) is 0 Å². The molecule has 0 radical (unpaired) electrons. The minimum atomic E-state index is -1.81. The molecule has 23 heavy (non-hydrogen) atoms. The van der Waals surface area contributed by atoms with Crippen molar-refractivity contribution in [2.45, 2.75) is 18.9 Å². The van der Waals surface area contributed by atoms with E-state index in [1.807, 2.05) is 30.3 Å². The third-order valence-corrected chi connectivity index (χ3v) is 4.04. The summed E-state index contributed by atoms with van der Waals surface area (Å²) in [5, 5.41) is 13.4. The molecule has 1 unspecified atom stereocenters. The molecule has 4 nitrogen and oxygen atoms in total. The largest absolute Gasteiger partial charge is 0.375 e. The smallest absolute Gasteiger partial charge is 0.261 e. The highest BCUT2D eigenvalue weighted by atomic mass is 16.3. The number of para-hydroxylation sites is 1. The number of anilines is 1. The lowest BCUT2D eigenvalue weighted by Gasteiger charge is -2.20.